The van der Waals surface area contributed by atoms with Crippen molar-refractivity contribution in [2.75, 3.05) is 38.7 Å². The number of benzene rings is 2. The molecule has 166 valence electrons. The summed E-state index contributed by atoms with van der Waals surface area (Å²) in [7, 11) is 1.56. The van der Waals surface area contributed by atoms with Gasteiger partial charge in [-0.1, -0.05) is 35.3 Å². The highest BCUT2D eigenvalue weighted by atomic mass is 35.5. The Hall–Kier alpha value is -2.28. The number of nitrogens with one attached hydrogen (secondary N) is 1. The second-order valence-electron chi connectivity index (χ2n) is 7.42. The van der Waals surface area contributed by atoms with Gasteiger partial charge in [0, 0.05) is 41.6 Å². The number of hydrogen-bond donors (Lipinski definition) is 1. The summed E-state index contributed by atoms with van der Waals surface area (Å²) >= 11 is 12.6. The van der Waals surface area contributed by atoms with Crippen LogP contribution in [0, 0.1) is 0 Å². The molecule has 0 radical (unpaired) electrons. The molecule has 0 saturated carbocycles. The van der Waals surface area contributed by atoms with Crippen LogP contribution in [0.25, 0.3) is 0 Å². The van der Waals surface area contributed by atoms with Crippen molar-refractivity contribution < 1.29 is 19.1 Å². The molecule has 1 aliphatic rings. The number of nitrogens with zero attached hydrogens (tertiary/aromatic N) is 1. The molecule has 31 heavy (non-hydrogen) atoms. The van der Waals surface area contributed by atoms with Gasteiger partial charge in [0.05, 0.1) is 19.1 Å². The maximum atomic E-state index is 13.8. The van der Waals surface area contributed by atoms with Crippen molar-refractivity contribution in [2.24, 2.45) is 0 Å². The van der Waals surface area contributed by atoms with Crippen molar-refractivity contribution in [2.45, 2.75) is 25.2 Å². The first kappa shape index (κ1) is 23.4. The van der Waals surface area contributed by atoms with E-state index in [4.69, 9.17) is 32.7 Å². The van der Waals surface area contributed by atoms with E-state index in [0.29, 0.717) is 54.1 Å². The molecule has 0 spiro atoms. The quantitative estimate of drug-likeness (QED) is 0.652. The van der Waals surface area contributed by atoms with Gasteiger partial charge in [-0.2, -0.15) is 0 Å². The maximum absolute atomic E-state index is 13.8. The van der Waals surface area contributed by atoms with Gasteiger partial charge >= 0.3 is 0 Å². The molecule has 1 aliphatic heterocycles. The van der Waals surface area contributed by atoms with Gasteiger partial charge in [0.25, 0.3) is 0 Å². The molecule has 0 aromatic heterocycles. The van der Waals surface area contributed by atoms with E-state index in [1.54, 1.807) is 54.5 Å². The fraction of sp³-hybridized carbons (Fsp3) is 0.391. The zero-order valence-electron chi connectivity index (χ0n) is 17.6. The summed E-state index contributed by atoms with van der Waals surface area (Å²) in [6, 6.07) is 12.3. The molecule has 1 fully saturated rings. The number of rotatable bonds is 7. The van der Waals surface area contributed by atoms with Crippen LogP contribution in [0.1, 0.15) is 25.3 Å². The molecule has 1 N–H and O–H groups in total. The molecular formula is C23H26Cl2N2O4. The van der Waals surface area contributed by atoms with E-state index in [0.717, 1.165) is 5.56 Å². The molecule has 0 unspecified atom stereocenters. The van der Waals surface area contributed by atoms with Crippen LogP contribution in [-0.2, 0) is 19.7 Å². The fourth-order valence-corrected chi connectivity index (χ4v) is 4.49. The molecule has 2 aromatic rings. The maximum Gasteiger partial charge on any atom is 0.243 e. The van der Waals surface area contributed by atoms with Gasteiger partial charge in [-0.15, -0.1) is 0 Å². The SMILES string of the molecule is CCN(CC(=O)Nc1cccc(OC)c1)C(=O)C1(c2ccc(Cl)cc2Cl)CCOCC1. The Morgan fingerprint density at radius 3 is 2.55 bits per heavy atom. The Morgan fingerprint density at radius 2 is 1.90 bits per heavy atom. The minimum atomic E-state index is -0.855. The van der Waals surface area contributed by atoms with Gasteiger partial charge in [0.15, 0.2) is 0 Å². The number of anilines is 1. The van der Waals surface area contributed by atoms with Crippen molar-refractivity contribution in [1.82, 2.24) is 4.90 Å². The molecule has 0 aliphatic carbocycles. The highest BCUT2D eigenvalue weighted by molar-refractivity contribution is 6.35. The summed E-state index contributed by atoms with van der Waals surface area (Å²) in [6.45, 7) is 3.06. The van der Waals surface area contributed by atoms with Crippen molar-refractivity contribution in [3.8, 4) is 5.75 Å². The first-order valence-electron chi connectivity index (χ1n) is 10.2. The lowest BCUT2D eigenvalue weighted by molar-refractivity contribution is -0.143. The Kier molecular flexibility index (Phi) is 7.81. The predicted octanol–water partition coefficient (Wildman–Crippen LogP) is 4.54. The summed E-state index contributed by atoms with van der Waals surface area (Å²) in [5.41, 5.74) is 0.472. The molecule has 2 aromatic carbocycles. The third-order valence-corrected chi connectivity index (χ3v) is 6.11. The fourth-order valence-electron chi connectivity index (χ4n) is 3.90. The topological polar surface area (TPSA) is 67.9 Å². The number of amides is 2. The molecule has 1 saturated heterocycles. The number of methoxy groups -OCH3 is 1. The number of ether oxygens (including phenoxy) is 2. The number of carbonyl (C=O) groups excluding carboxylic acids is 2. The lowest BCUT2D eigenvalue weighted by Gasteiger charge is -2.40. The average molecular weight is 465 g/mol. The van der Waals surface area contributed by atoms with Crippen LogP contribution in [0.15, 0.2) is 42.5 Å². The van der Waals surface area contributed by atoms with Gasteiger partial charge < -0.3 is 19.7 Å². The van der Waals surface area contributed by atoms with Crippen molar-refractivity contribution >= 4 is 40.7 Å². The van der Waals surface area contributed by atoms with Crippen molar-refractivity contribution in [1.29, 1.82) is 0 Å². The Bertz CT molecular complexity index is 945. The molecular weight excluding hydrogens is 439 g/mol. The smallest absolute Gasteiger partial charge is 0.243 e. The van der Waals surface area contributed by atoms with Crippen molar-refractivity contribution in [3.63, 3.8) is 0 Å². The highest BCUT2D eigenvalue weighted by Crippen LogP contribution is 2.41. The van der Waals surface area contributed by atoms with E-state index >= 15 is 0 Å². The van der Waals surface area contributed by atoms with Crippen LogP contribution >= 0.6 is 23.2 Å². The molecule has 3 rings (SSSR count). The van der Waals surface area contributed by atoms with Crippen LogP contribution in [-0.4, -0.2) is 50.1 Å². The van der Waals surface area contributed by atoms with E-state index in [2.05, 4.69) is 5.32 Å². The summed E-state index contributed by atoms with van der Waals surface area (Å²) in [5, 5.41) is 3.78. The van der Waals surface area contributed by atoms with Crippen LogP contribution < -0.4 is 10.1 Å². The van der Waals surface area contributed by atoms with Crippen LogP contribution in [0.2, 0.25) is 10.0 Å². The van der Waals surface area contributed by atoms with Crippen LogP contribution in [0.3, 0.4) is 0 Å². The lowest BCUT2D eigenvalue weighted by atomic mass is 9.73. The van der Waals surface area contributed by atoms with Gasteiger partial charge in [0.1, 0.15) is 5.75 Å². The summed E-state index contributed by atoms with van der Waals surface area (Å²) in [5.74, 6) is 0.218. The summed E-state index contributed by atoms with van der Waals surface area (Å²) in [4.78, 5) is 28.0. The van der Waals surface area contributed by atoms with E-state index in [1.807, 2.05) is 6.92 Å². The van der Waals surface area contributed by atoms with E-state index < -0.39 is 5.41 Å². The minimum absolute atomic E-state index is 0.0691. The monoisotopic (exact) mass is 464 g/mol. The largest absolute Gasteiger partial charge is 0.497 e. The zero-order valence-corrected chi connectivity index (χ0v) is 19.1. The highest BCUT2D eigenvalue weighted by Gasteiger charge is 2.45. The Morgan fingerprint density at radius 1 is 1.16 bits per heavy atom. The molecule has 6 nitrogen and oxygen atoms in total. The van der Waals surface area contributed by atoms with Gasteiger partial charge in [0.2, 0.25) is 11.8 Å². The van der Waals surface area contributed by atoms with Gasteiger partial charge in [-0.3, -0.25) is 9.59 Å². The second kappa shape index (κ2) is 10.4. The predicted molar refractivity (Wildman–Crippen MR) is 122 cm³/mol. The van der Waals surface area contributed by atoms with E-state index in [1.165, 1.54) is 0 Å². The number of hydrogen-bond acceptors (Lipinski definition) is 4. The summed E-state index contributed by atoms with van der Waals surface area (Å²) in [6.07, 6.45) is 0.975. The average Bonchev–Trinajstić information content (AvgIpc) is 2.77. The van der Waals surface area contributed by atoms with E-state index in [9.17, 15) is 9.59 Å². The lowest BCUT2D eigenvalue weighted by Crippen LogP contribution is -2.51. The minimum Gasteiger partial charge on any atom is -0.497 e. The van der Waals surface area contributed by atoms with Gasteiger partial charge in [-0.05, 0) is 49.6 Å². The zero-order chi connectivity index (χ0) is 22.4. The normalized spacial score (nSPS) is 15.2. The first-order valence-corrected chi connectivity index (χ1v) is 10.9. The molecule has 1 heterocycles. The number of likely N-dealkylation sites (N-methyl/N-ethyl adjacent to an activating group) is 1. The standard InChI is InChI=1S/C23H26Cl2N2O4/c1-3-27(15-21(28)26-17-5-4-6-18(14-17)30-2)22(29)23(9-11-31-12-10-23)19-8-7-16(24)13-20(19)25/h4-8,13-14H,3,9-12,15H2,1-2H3,(H,26,28). The number of halogens is 2. The molecule has 2 amide bonds. The Balaban J connectivity index is 1.82. The van der Waals surface area contributed by atoms with Crippen molar-refractivity contribution in [3.05, 3.63) is 58.1 Å². The molecule has 0 bridgehead atoms. The van der Waals surface area contributed by atoms with E-state index in [-0.39, 0.29) is 18.4 Å². The summed E-state index contributed by atoms with van der Waals surface area (Å²) < 4.78 is 10.7. The Labute approximate surface area is 192 Å². The van der Waals surface area contributed by atoms with Crippen LogP contribution in [0.4, 0.5) is 5.69 Å². The molecule has 8 heteroatoms. The first-order chi connectivity index (χ1) is 14.9. The second-order valence-corrected chi connectivity index (χ2v) is 8.26. The third kappa shape index (κ3) is 5.32. The van der Waals surface area contributed by atoms with Gasteiger partial charge in [-0.25, -0.2) is 0 Å². The van der Waals surface area contributed by atoms with Crippen LogP contribution in [0.5, 0.6) is 5.75 Å². The number of carbonyl (C=O) groups is 2. The third-order valence-electron chi connectivity index (χ3n) is 5.56. The molecule has 0 atom stereocenters.